The lowest BCUT2D eigenvalue weighted by Gasteiger charge is -2.70. The van der Waals surface area contributed by atoms with Crippen LogP contribution in [0.5, 0.6) is 0 Å². The number of aliphatic hydroxyl groups is 1. The molecule has 4 heteroatoms. The monoisotopic (exact) mass is 470 g/mol. The third kappa shape index (κ3) is 2.81. The van der Waals surface area contributed by atoms with E-state index in [-0.39, 0.29) is 50.8 Å². The van der Waals surface area contributed by atoms with Gasteiger partial charge in [0.25, 0.3) is 0 Å². The second-order valence-electron chi connectivity index (χ2n) is 14.9. The topological polar surface area (TPSA) is 74.6 Å². The first-order chi connectivity index (χ1) is 15.6. The maximum Gasteiger partial charge on any atom is 0.309 e. The zero-order valence-corrected chi connectivity index (χ0v) is 22.5. The minimum Gasteiger partial charge on any atom is -0.481 e. The van der Waals surface area contributed by atoms with Gasteiger partial charge in [0.1, 0.15) is 0 Å². The van der Waals surface area contributed by atoms with Crippen molar-refractivity contribution in [3.05, 3.63) is 11.6 Å². The SMILES string of the molecule is CC1(C(=O)O)CC[C@]2(C)CCC3(C)C(=CC(=O)C4[C@@]5(C)CC[C@H](O)C(C)(C)C5CC[C@]43C)[C@@H]2C1. The number of carbonyl (C=O) groups excluding carboxylic acids is 1. The highest BCUT2D eigenvalue weighted by atomic mass is 16.4. The number of carbonyl (C=O) groups is 2. The van der Waals surface area contributed by atoms with Crippen molar-refractivity contribution in [3.8, 4) is 0 Å². The lowest BCUT2D eigenvalue weighted by atomic mass is 9.33. The van der Waals surface area contributed by atoms with Crippen molar-refractivity contribution < 1.29 is 19.8 Å². The van der Waals surface area contributed by atoms with Gasteiger partial charge in [-0.15, -0.1) is 0 Å². The third-order valence-electron chi connectivity index (χ3n) is 13.1. The molecule has 0 saturated heterocycles. The number of fused-ring (bicyclic) bond motifs is 7. The molecule has 4 saturated carbocycles. The Morgan fingerprint density at radius 1 is 0.912 bits per heavy atom. The highest BCUT2D eigenvalue weighted by Gasteiger charge is 2.70. The lowest BCUT2D eigenvalue weighted by Crippen LogP contribution is -2.66. The smallest absolute Gasteiger partial charge is 0.309 e. The summed E-state index contributed by atoms with van der Waals surface area (Å²) in [6, 6.07) is 0. The average molecular weight is 471 g/mol. The van der Waals surface area contributed by atoms with Crippen LogP contribution in [0.2, 0.25) is 0 Å². The summed E-state index contributed by atoms with van der Waals surface area (Å²) in [6.45, 7) is 15.8. The number of carboxylic acids is 1. The normalized spacial score (nSPS) is 54.1. The van der Waals surface area contributed by atoms with E-state index in [9.17, 15) is 19.8 Å². The van der Waals surface area contributed by atoms with Crippen LogP contribution in [0, 0.1) is 50.2 Å². The fraction of sp³-hybridized carbons (Fsp3) is 0.867. The Morgan fingerprint density at radius 3 is 2.21 bits per heavy atom. The van der Waals surface area contributed by atoms with E-state index < -0.39 is 11.4 Å². The van der Waals surface area contributed by atoms with Crippen molar-refractivity contribution in [2.45, 2.75) is 112 Å². The Kier molecular flexibility index (Phi) is 5.04. The minimum absolute atomic E-state index is 0.0296. The van der Waals surface area contributed by atoms with E-state index in [1.807, 2.05) is 13.0 Å². The van der Waals surface area contributed by atoms with Crippen molar-refractivity contribution >= 4 is 11.8 Å². The highest BCUT2D eigenvalue weighted by molar-refractivity contribution is 5.95. The van der Waals surface area contributed by atoms with Gasteiger partial charge in [0.2, 0.25) is 0 Å². The molecule has 5 rings (SSSR count). The predicted octanol–water partition coefficient (Wildman–Crippen LogP) is 6.41. The second-order valence-corrected chi connectivity index (χ2v) is 14.9. The summed E-state index contributed by atoms with van der Waals surface area (Å²) in [7, 11) is 0. The molecule has 5 aliphatic carbocycles. The number of rotatable bonds is 1. The van der Waals surface area contributed by atoms with Gasteiger partial charge in [-0.2, -0.15) is 0 Å². The van der Waals surface area contributed by atoms with Gasteiger partial charge in [-0.1, -0.05) is 47.1 Å². The molecular formula is C30H46O4. The van der Waals surface area contributed by atoms with Gasteiger partial charge in [-0.25, -0.2) is 0 Å². The van der Waals surface area contributed by atoms with E-state index in [0.29, 0.717) is 12.3 Å². The lowest BCUT2D eigenvalue weighted by molar-refractivity contribution is -0.202. The van der Waals surface area contributed by atoms with Gasteiger partial charge < -0.3 is 10.2 Å². The average Bonchev–Trinajstić information content (AvgIpc) is 2.73. The standard InChI is InChI=1S/C30H46O4/c1-25(2)21-8-11-30(7)23(28(21,5)10-9-22(25)32)20(31)16-18-19-17-27(4,24(33)34)13-12-26(19,3)14-15-29(18,30)6/h16,19,21-23,32H,8-15,17H2,1-7H3,(H,33,34)/t19-,21?,22-,23?,26+,27?,28-,29?,30+/m0/s1. The van der Waals surface area contributed by atoms with Crippen molar-refractivity contribution in [2.24, 2.45) is 50.2 Å². The molecule has 9 atom stereocenters. The number of ketones is 1. The first kappa shape index (κ1) is 24.5. The minimum atomic E-state index is -0.711. The van der Waals surface area contributed by atoms with Gasteiger partial charge in [0.15, 0.2) is 5.78 Å². The second kappa shape index (κ2) is 6.99. The maximum atomic E-state index is 14.2. The van der Waals surface area contributed by atoms with Crippen LogP contribution < -0.4 is 0 Å². The van der Waals surface area contributed by atoms with Crippen LogP contribution >= 0.6 is 0 Å². The Morgan fingerprint density at radius 2 is 1.56 bits per heavy atom. The number of carboxylic acid groups (broad SMARTS) is 1. The number of allylic oxidation sites excluding steroid dienone is 2. The van der Waals surface area contributed by atoms with Crippen LogP contribution in [0.1, 0.15) is 106 Å². The summed E-state index contributed by atoms with van der Waals surface area (Å²) < 4.78 is 0. The van der Waals surface area contributed by atoms with Crippen LogP contribution in [0.3, 0.4) is 0 Å². The molecule has 2 N–H and O–H groups in total. The van der Waals surface area contributed by atoms with Crippen molar-refractivity contribution in [2.75, 3.05) is 0 Å². The predicted molar refractivity (Wildman–Crippen MR) is 133 cm³/mol. The summed E-state index contributed by atoms with van der Waals surface area (Å²) >= 11 is 0. The molecule has 0 spiro atoms. The largest absolute Gasteiger partial charge is 0.481 e. The molecule has 0 heterocycles. The Bertz CT molecular complexity index is 965. The molecule has 5 aliphatic rings. The van der Waals surface area contributed by atoms with E-state index in [4.69, 9.17) is 0 Å². The highest BCUT2D eigenvalue weighted by Crippen LogP contribution is 2.75. The summed E-state index contributed by atoms with van der Waals surface area (Å²) in [4.78, 5) is 26.4. The Hall–Kier alpha value is -1.16. The number of aliphatic carboxylic acids is 1. The Balaban J connectivity index is 1.62. The summed E-state index contributed by atoms with van der Waals surface area (Å²) in [5.74, 6) is 0.0603. The zero-order valence-electron chi connectivity index (χ0n) is 22.5. The zero-order chi connectivity index (χ0) is 25.1. The van der Waals surface area contributed by atoms with E-state index >= 15 is 0 Å². The van der Waals surface area contributed by atoms with Gasteiger partial charge in [0, 0.05) is 5.92 Å². The van der Waals surface area contributed by atoms with Crippen molar-refractivity contribution in [3.63, 3.8) is 0 Å². The van der Waals surface area contributed by atoms with Gasteiger partial charge in [0.05, 0.1) is 11.5 Å². The summed E-state index contributed by atoms with van der Waals surface area (Å²) in [5.41, 5.74) is 0.142. The van der Waals surface area contributed by atoms with Crippen LogP contribution in [-0.2, 0) is 9.59 Å². The first-order valence-corrected chi connectivity index (χ1v) is 13.7. The van der Waals surface area contributed by atoms with Gasteiger partial charge >= 0.3 is 5.97 Å². The maximum absolute atomic E-state index is 14.2. The molecule has 0 aliphatic heterocycles. The van der Waals surface area contributed by atoms with Crippen LogP contribution in [0.4, 0.5) is 0 Å². The number of aliphatic hydroxyl groups excluding tert-OH is 1. The molecule has 4 unspecified atom stereocenters. The Labute approximate surface area is 206 Å². The molecule has 0 aromatic heterocycles. The fourth-order valence-electron chi connectivity index (χ4n) is 10.4. The molecule has 4 fully saturated rings. The fourth-order valence-corrected chi connectivity index (χ4v) is 10.4. The molecule has 4 nitrogen and oxygen atoms in total. The molecule has 0 aromatic rings. The van der Waals surface area contributed by atoms with Crippen molar-refractivity contribution in [1.29, 1.82) is 0 Å². The molecule has 0 radical (unpaired) electrons. The molecular weight excluding hydrogens is 424 g/mol. The summed E-state index contributed by atoms with van der Waals surface area (Å²) in [6.07, 6.45) is 9.95. The van der Waals surface area contributed by atoms with Crippen LogP contribution in [-0.4, -0.2) is 28.1 Å². The van der Waals surface area contributed by atoms with Gasteiger partial charge in [-0.05, 0) is 110 Å². The number of hydrogen-bond acceptors (Lipinski definition) is 3. The molecule has 34 heavy (non-hydrogen) atoms. The molecule has 0 aromatic carbocycles. The molecule has 0 bridgehead atoms. The quantitative estimate of drug-likeness (QED) is 0.464. The third-order valence-corrected chi connectivity index (χ3v) is 13.1. The summed E-state index contributed by atoms with van der Waals surface area (Å²) in [5, 5.41) is 20.9. The molecule has 190 valence electrons. The first-order valence-electron chi connectivity index (χ1n) is 13.7. The van der Waals surface area contributed by atoms with E-state index in [1.165, 1.54) is 5.57 Å². The van der Waals surface area contributed by atoms with Crippen molar-refractivity contribution in [1.82, 2.24) is 0 Å². The van der Waals surface area contributed by atoms with E-state index in [0.717, 1.165) is 51.4 Å². The van der Waals surface area contributed by atoms with Crippen LogP contribution in [0.15, 0.2) is 11.6 Å². The number of hydrogen-bond donors (Lipinski definition) is 2. The van der Waals surface area contributed by atoms with E-state index in [1.54, 1.807) is 0 Å². The van der Waals surface area contributed by atoms with E-state index in [2.05, 4.69) is 41.5 Å². The molecule has 0 amide bonds. The van der Waals surface area contributed by atoms with Crippen LogP contribution in [0.25, 0.3) is 0 Å². The van der Waals surface area contributed by atoms with Gasteiger partial charge in [-0.3, -0.25) is 9.59 Å².